The number of carbonyl (C=O) groups excluding carboxylic acids is 1. The van der Waals surface area contributed by atoms with Crippen LogP contribution in [0, 0.1) is 13.8 Å². The first kappa shape index (κ1) is 17.6. The second-order valence-corrected chi connectivity index (χ2v) is 6.57. The number of hydrogen-bond donors (Lipinski definition) is 2. The van der Waals surface area contributed by atoms with E-state index in [0.717, 1.165) is 33.4 Å². The molecule has 2 aromatic heterocycles. The molecule has 0 saturated carbocycles. The topological polar surface area (TPSA) is 79.8 Å². The maximum atomic E-state index is 12.5. The van der Waals surface area contributed by atoms with Crippen molar-refractivity contribution in [3.8, 4) is 0 Å². The molecule has 6 nitrogen and oxygen atoms in total. The van der Waals surface area contributed by atoms with Crippen molar-refractivity contribution in [3.63, 3.8) is 0 Å². The lowest BCUT2D eigenvalue weighted by atomic mass is 10.1. The Bertz CT molecular complexity index is 1150. The van der Waals surface area contributed by atoms with Gasteiger partial charge in [-0.2, -0.15) is 0 Å². The average Bonchev–Trinajstić information content (AvgIpc) is 2.71. The van der Waals surface area contributed by atoms with Crippen molar-refractivity contribution in [2.24, 2.45) is 0 Å². The molecule has 4 aromatic rings. The SMILES string of the molecule is Cc1ccc(NC(=O)c2cnc(Nc3cccc4cccnc34)nc2)c(C)c1. The van der Waals surface area contributed by atoms with Crippen LogP contribution < -0.4 is 10.6 Å². The molecule has 2 N–H and O–H groups in total. The van der Waals surface area contributed by atoms with Gasteiger partial charge in [-0.1, -0.05) is 35.9 Å². The summed E-state index contributed by atoms with van der Waals surface area (Å²) in [6.07, 6.45) is 4.76. The van der Waals surface area contributed by atoms with Gasteiger partial charge in [0.05, 0.1) is 16.8 Å². The monoisotopic (exact) mass is 369 g/mol. The molecule has 4 rings (SSSR count). The molecule has 0 aliphatic rings. The predicted octanol–water partition coefficient (Wildman–Crippen LogP) is 4.64. The number of benzene rings is 2. The van der Waals surface area contributed by atoms with Gasteiger partial charge in [-0.25, -0.2) is 9.97 Å². The van der Waals surface area contributed by atoms with Crippen molar-refractivity contribution in [1.29, 1.82) is 0 Å². The molecule has 0 unspecified atom stereocenters. The molecular formula is C22H19N5O. The van der Waals surface area contributed by atoms with Crippen LogP contribution in [0.3, 0.4) is 0 Å². The van der Waals surface area contributed by atoms with Gasteiger partial charge in [-0.3, -0.25) is 9.78 Å². The van der Waals surface area contributed by atoms with E-state index in [1.807, 2.05) is 62.4 Å². The lowest BCUT2D eigenvalue weighted by Gasteiger charge is -2.10. The van der Waals surface area contributed by atoms with Gasteiger partial charge in [0.25, 0.3) is 5.91 Å². The lowest BCUT2D eigenvalue weighted by molar-refractivity contribution is 0.102. The Morgan fingerprint density at radius 1 is 0.893 bits per heavy atom. The number of aromatic nitrogens is 3. The van der Waals surface area contributed by atoms with Gasteiger partial charge in [-0.05, 0) is 37.6 Å². The van der Waals surface area contributed by atoms with Crippen molar-refractivity contribution in [2.45, 2.75) is 13.8 Å². The molecule has 0 spiro atoms. The first-order valence-corrected chi connectivity index (χ1v) is 8.91. The van der Waals surface area contributed by atoms with Crippen LogP contribution in [-0.4, -0.2) is 20.9 Å². The van der Waals surface area contributed by atoms with Gasteiger partial charge in [0.15, 0.2) is 0 Å². The minimum Gasteiger partial charge on any atom is -0.322 e. The van der Waals surface area contributed by atoms with E-state index in [9.17, 15) is 4.79 Å². The summed E-state index contributed by atoms with van der Waals surface area (Å²) in [5, 5.41) is 7.08. The smallest absolute Gasteiger partial charge is 0.258 e. The van der Waals surface area contributed by atoms with Crippen molar-refractivity contribution in [1.82, 2.24) is 15.0 Å². The minimum absolute atomic E-state index is 0.245. The molecule has 0 bridgehead atoms. The Morgan fingerprint density at radius 3 is 2.46 bits per heavy atom. The molecule has 0 radical (unpaired) electrons. The number of nitrogens with one attached hydrogen (secondary N) is 2. The molecule has 6 heteroatoms. The molecule has 28 heavy (non-hydrogen) atoms. The van der Waals surface area contributed by atoms with Crippen LogP contribution >= 0.6 is 0 Å². The molecule has 0 atom stereocenters. The zero-order valence-corrected chi connectivity index (χ0v) is 15.6. The second kappa shape index (κ2) is 7.44. The summed E-state index contributed by atoms with van der Waals surface area (Å²) in [7, 11) is 0. The Morgan fingerprint density at radius 2 is 1.68 bits per heavy atom. The average molecular weight is 369 g/mol. The summed E-state index contributed by atoms with van der Waals surface area (Å²) in [4.78, 5) is 25.4. The van der Waals surface area contributed by atoms with E-state index in [0.29, 0.717) is 11.5 Å². The summed E-state index contributed by atoms with van der Waals surface area (Å²) in [5.41, 5.74) is 4.98. The standard InChI is InChI=1S/C22H19N5O/c1-14-8-9-18(15(2)11-14)26-21(28)17-12-24-22(25-13-17)27-19-7-3-5-16-6-4-10-23-20(16)19/h3-13H,1-2H3,(H,26,28)(H,24,25,27). The van der Waals surface area contributed by atoms with E-state index in [4.69, 9.17) is 0 Å². The summed E-state index contributed by atoms with van der Waals surface area (Å²) in [5.74, 6) is 0.159. The molecule has 1 amide bonds. The molecule has 0 aliphatic carbocycles. The maximum absolute atomic E-state index is 12.5. The fraction of sp³-hybridized carbons (Fsp3) is 0.0909. The quantitative estimate of drug-likeness (QED) is 0.548. The molecule has 2 heterocycles. The van der Waals surface area contributed by atoms with Gasteiger partial charge in [0, 0.05) is 29.7 Å². The van der Waals surface area contributed by atoms with Gasteiger partial charge >= 0.3 is 0 Å². The van der Waals surface area contributed by atoms with Crippen LogP contribution in [0.25, 0.3) is 10.9 Å². The van der Waals surface area contributed by atoms with Crippen LogP contribution in [0.4, 0.5) is 17.3 Å². The normalized spacial score (nSPS) is 10.6. The van der Waals surface area contributed by atoms with Crippen molar-refractivity contribution < 1.29 is 4.79 Å². The van der Waals surface area contributed by atoms with Crippen LogP contribution in [-0.2, 0) is 0 Å². The van der Waals surface area contributed by atoms with Gasteiger partial charge in [0.1, 0.15) is 0 Å². The van der Waals surface area contributed by atoms with Crippen molar-refractivity contribution >= 4 is 34.1 Å². The van der Waals surface area contributed by atoms with Crippen LogP contribution in [0.2, 0.25) is 0 Å². The highest BCUT2D eigenvalue weighted by molar-refractivity contribution is 6.04. The van der Waals surface area contributed by atoms with Gasteiger partial charge in [0.2, 0.25) is 5.95 Å². The number of pyridine rings is 1. The predicted molar refractivity (Wildman–Crippen MR) is 111 cm³/mol. The van der Waals surface area contributed by atoms with E-state index in [1.54, 1.807) is 6.20 Å². The minimum atomic E-state index is -0.245. The fourth-order valence-electron chi connectivity index (χ4n) is 2.98. The Kier molecular flexibility index (Phi) is 4.68. The summed E-state index contributed by atoms with van der Waals surface area (Å²) in [6, 6.07) is 15.6. The Labute approximate surface area is 162 Å². The number of fused-ring (bicyclic) bond motifs is 1. The fourth-order valence-corrected chi connectivity index (χ4v) is 2.98. The first-order valence-electron chi connectivity index (χ1n) is 8.91. The molecule has 0 aliphatic heterocycles. The zero-order chi connectivity index (χ0) is 19.5. The summed E-state index contributed by atoms with van der Waals surface area (Å²) in [6.45, 7) is 3.98. The summed E-state index contributed by atoms with van der Waals surface area (Å²) < 4.78 is 0. The van der Waals surface area contributed by atoms with Crippen molar-refractivity contribution in [2.75, 3.05) is 10.6 Å². The number of amides is 1. The molecule has 2 aromatic carbocycles. The number of anilines is 3. The van der Waals surface area contributed by atoms with Crippen LogP contribution in [0.5, 0.6) is 0 Å². The highest BCUT2D eigenvalue weighted by atomic mass is 16.1. The number of carbonyl (C=O) groups is 1. The number of nitrogens with zero attached hydrogens (tertiary/aromatic N) is 3. The van der Waals surface area contributed by atoms with Gasteiger partial charge < -0.3 is 10.6 Å². The first-order chi connectivity index (χ1) is 13.6. The summed E-state index contributed by atoms with van der Waals surface area (Å²) >= 11 is 0. The molecule has 0 fully saturated rings. The number of hydrogen-bond acceptors (Lipinski definition) is 5. The largest absolute Gasteiger partial charge is 0.322 e. The van der Waals surface area contributed by atoms with Gasteiger partial charge in [-0.15, -0.1) is 0 Å². The molecule has 138 valence electrons. The Hall–Kier alpha value is -3.80. The van der Waals surface area contributed by atoms with Crippen LogP contribution in [0.15, 0.2) is 67.1 Å². The van der Waals surface area contributed by atoms with E-state index in [-0.39, 0.29) is 5.91 Å². The maximum Gasteiger partial charge on any atom is 0.258 e. The molecular weight excluding hydrogens is 350 g/mol. The molecule has 0 saturated heterocycles. The number of rotatable bonds is 4. The zero-order valence-electron chi connectivity index (χ0n) is 15.6. The third-order valence-electron chi connectivity index (χ3n) is 4.42. The number of aryl methyl sites for hydroxylation is 2. The highest BCUT2D eigenvalue weighted by Crippen LogP contribution is 2.23. The van der Waals surface area contributed by atoms with E-state index < -0.39 is 0 Å². The second-order valence-electron chi connectivity index (χ2n) is 6.57. The lowest BCUT2D eigenvalue weighted by Crippen LogP contribution is -2.14. The number of para-hydroxylation sites is 1. The Balaban J connectivity index is 1.51. The third-order valence-corrected chi connectivity index (χ3v) is 4.42. The van der Waals surface area contributed by atoms with Crippen LogP contribution in [0.1, 0.15) is 21.5 Å². The van der Waals surface area contributed by atoms with Crippen molar-refractivity contribution in [3.05, 3.63) is 83.8 Å². The van der Waals surface area contributed by atoms with E-state index in [1.165, 1.54) is 12.4 Å². The highest BCUT2D eigenvalue weighted by Gasteiger charge is 2.10. The third kappa shape index (κ3) is 3.66. The van der Waals surface area contributed by atoms with E-state index >= 15 is 0 Å². The van der Waals surface area contributed by atoms with E-state index in [2.05, 4.69) is 25.6 Å².